The minimum absolute atomic E-state index is 0.584. The molecule has 0 aliphatic heterocycles. The minimum Gasteiger partial charge on any atom is -0.330 e. The van der Waals surface area contributed by atoms with E-state index in [1.54, 1.807) is 6.07 Å². The average molecular weight is 300 g/mol. The number of hydrogen-bond acceptors (Lipinski definition) is 2. The summed E-state index contributed by atoms with van der Waals surface area (Å²) in [6.45, 7) is 2.00. The van der Waals surface area contributed by atoms with Gasteiger partial charge in [0.1, 0.15) is 0 Å². The van der Waals surface area contributed by atoms with Crippen molar-refractivity contribution in [2.75, 3.05) is 0 Å². The quantitative estimate of drug-likeness (QED) is 0.671. The summed E-state index contributed by atoms with van der Waals surface area (Å²) in [5, 5.41) is 9.70. The Morgan fingerprint density at radius 3 is 2.80 bits per heavy atom. The lowest BCUT2D eigenvalue weighted by molar-refractivity contribution is 1.05. The maximum atomic E-state index is 9.05. The molecule has 0 aliphatic rings. The monoisotopic (exact) mass is 299 g/mol. The summed E-state index contributed by atoms with van der Waals surface area (Å²) in [5.41, 5.74) is 4.35. The molecular weight excluding hydrogens is 290 g/mol. The van der Waals surface area contributed by atoms with E-state index in [4.69, 9.17) is 29.1 Å². The highest BCUT2D eigenvalue weighted by molar-refractivity contribution is 7.71. The fraction of sp³-hybridized carbons (Fsp3) is 0.0667. The summed E-state index contributed by atoms with van der Waals surface area (Å²) < 4.78 is 2.49. The third-order valence-corrected chi connectivity index (χ3v) is 3.74. The molecule has 0 aliphatic carbocycles. The zero-order valence-corrected chi connectivity index (χ0v) is 12.2. The third kappa shape index (κ3) is 2.01. The second kappa shape index (κ2) is 4.78. The van der Waals surface area contributed by atoms with E-state index in [1.165, 1.54) is 0 Å². The van der Waals surface area contributed by atoms with Gasteiger partial charge in [0, 0.05) is 5.02 Å². The van der Waals surface area contributed by atoms with Crippen molar-refractivity contribution < 1.29 is 0 Å². The fourth-order valence-electron chi connectivity index (χ4n) is 2.24. The van der Waals surface area contributed by atoms with Gasteiger partial charge in [-0.25, -0.2) is 0 Å². The van der Waals surface area contributed by atoms with Gasteiger partial charge < -0.3 is 4.98 Å². The average Bonchev–Trinajstić information content (AvgIpc) is 2.76. The van der Waals surface area contributed by atoms with Crippen LogP contribution in [0.4, 0.5) is 0 Å². The molecule has 0 saturated heterocycles. The standard InChI is InChI=1S/C15H10ClN3S/c1-9-2-4-11(16)7-13(9)19-14-6-10(8-17)3-5-12(14)18-15(19)20/h2-7H,1H3,(H,18,20). The second-order valence-electron chi connectivity index (χ2n) is 4.54. The number of imidazole rings is 1. The molecule has 3 aromatic rings. The lowest BCUT2D eigenvalue weighted by Gasteiger charge is -2.09. The highest BCUT2D eigenvalue weighted by Crippen LogP contribution is 2.25. The maximum absolute atomic E-state index is 9.05. The molecule has 0 bridgehead atoms. The molecular formula is C15H10ClN3S. The van der Waals surface area contributed by atoms with Gasteiger partial charge in [0.15, 0.2) is 4.77 Å². The predicted molar refractivity (Wildman–Crippen MR) is 82.9 cm³/mol. The molecule has 0 unspecified atom stereocenters. The molecule has 3 rings (SSSR count). The van der Waals surface area contributed by atoms with Gasteiger partial charge in [0.25, 0.3) is 0 Å². The Morgan fingerprint density at radius 1 is 1.25 bits per heavy atom. The highest BCUT2D eigenvalue weighted by Gasteiger charge is 2.10. The summed E-state index contributed by atoms with van der Waals surface area (Å²) in [4.78, 5) is 3.15. The van der Waals surface area contributed by atoms with Crippen LogP contribution in [-0.4, -0.2) is 9.55 Å². The van der Waals surface area contributed by atoms with E-state index in [0.29, 0.717) is 15.4 Å². The lowest BCUT2D eigenvalue weighted by atomic mass is 10.2. The van der Waals surface area contributed by atoms with Crippen LogP contribution < -0.4 is 0 Å². The van der Waals surface area contributed by atoms with E-state index in [0.717, 1.165) is 22.3 Å². The van der Waals surface area contributed by atoms with Crippen molar-refractivity contribution in [3.05, 3.63) is 57.3 Å². The van der Waals surface area contributed by atoms with Crippen molar-refractivity contribution in [3.63, 3.8) is 0 Å². The molecule has 0 spiro atoms. The van der Waals surface area contributed by atoms with Crippen LogP contribution in [0.2, 0.25) is 5.02 Å². The molecule has 1 heterocycles. The van der Waals surface area contributed by atoms with Gasteiger partial charge in [-0.3, -0.25) is 4.57 Å². The van der Waals surface area contributed by atoms with Crippen LogP contribution in [0.25, 0.3) is 16.7 Å². The number of nitriles is 1. The van der Waals surface area contributed by atoms with E-state index in [9.17, 15) is 0 Å². The van der Waals surface area contributed by atoms with E-state index >= 15 is 0 Å². The van der Waals surface area contributed by atoms with Crippen LogP contribution in [-0.2, 0) is 0 Å². The van der Waals surface area contributed by atoms with E-state index in [-0.39, 0.29) is 0 Å². The van der Waals surface area contributed by atoms with Gasteiger partial charge in [-0.2, -0.15) is 5.26 Å². The molecule has 98 valence electrons. The molecule has 5 heteroatoms. The Kier molecular flexibility index (Phi) is 3.09. The van der Waals surface area contributed by atoms with Crippen LogP contribution in [0.5, 0.6) is 0 Å². The van der Waals surface area contributed by atoms with Crippen molar-refractivity contribution in [1.82, 2.24) is 9.55 Å². The van der Waals surface area contributed by atoms with Crippen LogP contribution in [0.15, 0.2) is 36.4 Å². The first kappa shape index (κ1) is 12.9. The van der Waals surface area contributed by atoms with Gasteiger partial charge in [-0.05, 0) is 55.0 Å². The Hall–Kier alpha value is -2.09. The van der Waals surface area contributed by atoms with Crippen LogP contribution in [0, 0.1) is 23.0 Å². The molecule has 0 atom stereocenters. The Bertz CT molecular complexity index is 915. The van der Waals surface area contributed by atoms with Crippen LogP contribution in [0.1, 0.15) is 11.1 Å². The number of hydrogen-bond donors (Lipinski definition) is 1. The number of fused-ring (bicyclic) bond motifs is 1. The largest absolute Gasteiger partial charge is 0.330 e. The first-order valence-electron chi connectivity index (χ1n) is 6.01. The molecule has 1 N–H and O–H groups in total. The molecule has 0 saturated carbocycles. The van der Waals surface area contributed by atoms with Crippen molar-refractivity contribution in [2.24, 2.45) is 0 Å². The highest BCUT2D eigenvalue weighted by atomic mass is 35.5. The summed E-state index contributed by atoms with van der Waals surface area (Å²) in [5.74, 6) is 0. The number of rotatable bonds is 1. The number of benzene rings is 2. The summed E-state index contributed by atoms with van der Waals surface area (Å²) in [6, 6.07) is 13.3. The fourth-order valence-corrected chi connectivity index (χ4v) is 2.71. The molecule has 2 aromatic carbocycles. The number of aryl methyl sites for hydroxylation is 1. The van der Waals surface area contributed by atoms with Gasteiger partial charge in [-0.1, -0.05) is 17.7 Å². The number of H-pyrrole nitrogens is 1. The number of halogens is 1. The van der Waals surface area contributed by atoms with E-state index < -0.39 is 0 Å². The van der Waals surface area contributed by atoms with Gasteiger partial charge in [0.05, 0.1) is 28.4 Å². The number of aromatic amines is 1. The van der Waals surface area contributed by atoms with Crippen molar-refractivity contribution in [3.8, 4) is 11.8 Å². The smallest absolute Gasteiger partial charge is 0.182 e. The molecule has 20 heavy (non-hydrogen) atoms. The SMILES string of the molecule is Cc1ccc(Cl)cc1-n1c(=S)[nH]c2ccc(C#N)cc21. The molecule has 0 fully saturated rings. The van der Waals surface area contributed by atoms with Gasteiger partial charge in [-0.15, -0.1) is 0 Å². The maximum Gasteiger partial charge on any atom is 0.182 e. The minimum atomic E-state index is 0.584. The van der Waals surface area contributed by atoms with Crippen molar-refractivity contribution >= 4 is 34.9 Å². The van der Waals surface area contributed by atoms with Gasteiger partial charge in [0.2, 0.25) is 0 Å². The van der Waals surface area contributed by atoms with Crippen molar-refractivity contribution in [1.29, 1.82) is 5.26 Å². The molecule has 0 radical (unpaired) electrons. The predicted octanol–water partition coefficient (Wildman–Crippen LogP) is 4.52. The first-order valence-corrected chi connectivity index (χ1v) is 6.80. The lowest BCUT2D eigenvalue weighted by Crippen LogP contribution is -1.97. The zero-order chi connectivity index (χ0) is 14.3. The Morgan fingerprint density at radius 2 is 2.05 bits per heavy atom. The van der Waals surface area contributed by atoms with E-state index in [1.807, 2.05) is 41.8 Å². The Labute approximate surface area is 126 Å². The molecule has 3 nitrogen and oxygen atoms in total. The van der Waals surface area contributed by atoms with Crippen LogP contribution in [0.3, 0.4) is 0 Å². The van der Waals surface area contributed by atoms with Gasteiger partial charge >= 0.3 is 0 Å². The summed E-state index contributed by atoms with van der Waals surface area (Å²) >= 11 is 11.5. The third-order valence-electron chi connectivity index (χ3n) is 3.22. The summed E-state index contributed by atoms with van der Waals surface area (Å²) in [6.07, 6.45) is 0. The first-order chi connectivity index (χ1) is 9.60. The molecule has 1 aromatic heterocycles. The number of nitrogens with zero attached hydrogens (tertiary/aromatic N) is 2. The van der Waals surface area contributed by atoms with Crippen LogP contribution >= 0.6 is 23.8 Å². The molecule has 0 amide bonds. The zero-order valence-electron chi connectivity index (χ0n) is 10.6. The second-order valence-corrected chi connectivity index (χ2v) is 5.36. The van der Waals surface area contributed by atoms with E-state index in [2.05, 4.69) is 11.1 Å². The number of aromatic nitrogens is 2. The topological polar surface area (TPSA) is 44.5 Å². The summed E-state index contributed by atoms with van der Waals surface area (Å²) in [7, 11) is 0. The number of nitrogens with one attached hydrogen (secondary N) is 1. The van der Waals surface area contributed by atoms with Crippen molar-refractivity contribution in [2.45, 2.75) is 6.92 Å². The Balaban J connectivity index is 2.41. The normalized spacial score (nSPS) is 10.7.